The number of rotatable bonds is 5. The van der Waals surface area contributed by atoms with Crippen molar-refractivity contribution in [2.24, 2.45) is 5.92 Å². The van der Waals surface area contributed by atoms with Crippen LogP contribution in [-0.4, -0.2) is 36.0 Å². The highest BCUT2D eigenvalue weighted by molar-refractivity contribution is 5.98. The highest BCUT2D eigenvalue weighted by Gasteiger charge is 2.32. The zero-order valence-electron chi connectivity index (χ0n) is 19.2. The summed E-state index contributed by atoms with van der Waals surface area (Å²) < 4.78 is 12.0. The van der Waals surface area contributed by atoms with Gasteiger partial charge in [0.25, 0.3) is 5.91 Å². The Morgan fingerprint density at radius 2 is 1.91 bits per heavy atom. The molecule has 1 aromatic heterocycles. The predicted molar refractivity (Wildman–Crippen MR) is 126 cm³/mol. The maximum Gasteiger partial charge on any atom is 0.287 e. The molecule has 1 fully saturated rings. The van der Waals surface area contributed by atoms with E-state index in [0.29, 0.717) is 18.2 Å². The Bertz CT molecular complexity index is 1140. The van der Waals surface area contributed by atoms with Crippen LogP contribution in [0.5, 0.6) is 5.75 Å². The first-order valence-electron chi connectivity index (χ1n) is 11.7. The quantitative estimate of drug-likeness (QED) is 0.610. The SMILES string of the molecule is Cc1c(C(=O)NCC2CCN(Cc3cccc4c3OC(C)(C)C4)CC2)oc2ccccc12. The second-order valence-electron chi connectivity index (χ2n) is 9.93. The van der Waals surface area contributed by atoms with Gasteiger partial charge in [0, 0.05) is 36.0 Å². The van der Waals surface area contributed by atoms with E-state index in [4.69, 9.17) is 9.15 Å². The summed E-state index contributed by atoms with van der Waals surface area (Å²) in [7, 11) is 0. The fraction of sp³-hybridized carbons (Fsp3) is 0.444. The van der Waals surface area contributed by atoms with Crippen molar-refractivity contribution in [3.63, 3.8) is 0 Å². The number of nitrogens with zero attached hydrogens (tertiary/aromatic N) is 1. The minimum atomic E-state index is -0.110. The first kappa shape index (κ1) is 21.1. The van der Waals surface area contributed by atoms with Gasteiger partial charge in [-0.05, 0) is 64.3 Å². The number of aryl methyl sites for hydroxylation is 1. The van der Waals surface area contributed by atoms with E-state index in [1.807, 2.05) is 31.2 Å². The van der Waals surface area contributed by atoms with Gasteiger partial charge in [-0.1, -0.05) is 36.4 Å². The average Bonchev–Trinajstić information content (AvgIpc) is 3.29. The van der Waals surface area contributed by atoms with E-state index in [2.05, 4.69) is 42.3 Å². The smallest absolute Gasteiger partial charge is 0.287 e. The Labute approximate surface area is 189 Å². The molecule has 5 heteroatoms. The Morgan fingerprint density at radius 1 is 1.12 bits per heavy atom. The van der Waals surface area contributed by atoms with Crippen molar-refractivity contribution in [3.8, 4) is 5.75 Å². The van der Waals surface area contributed by atoms with E-state index >= 15 is 0 Å². The Hall–Kier alpha value is -2.79. The summed E-state index contributed by atoms with van der Waals surface area (Å²) in [5, 5.41) is 4.11. The molecule has 3 aromatic rings. The van der Waals surface area contributed by atoms with E-state index in [0.717, 1.165) is 61.2 Å². The van der Waals surface area contributed by atoms with Gasteiger partial charge in [-0.15, -0.1) is 0 Å². The van der Waals surface area contributed by atoms with E-state index in [9.17, 15) is 4.79 Å². The number of ether oxygens (including phenoxy) is 1. The number of hydrogen-bond acceptors (Lipinski definition) is 4. The molecule has 32 heavy (non-hydrogen) atoms. The third-order valence-corrected chi connectivity index (χ3v) is 6.87. The second kappa shape index (κ2) is 8.28. The van der Waals surface area contributed by atoms with Gasteiger partial charge >= 0.3 is 0 Å². The largest absolute Gasteiger partial charge is 0.487 e. The lowest BCUT2D eigenvalue weighted by atomic mass is 9.96. The van der Waals surface area contributed by atoms with Gasteiger partial charge in [-0.2, -0.15) is 0 Å². The third kappa shape index (κ3) is 4.14. The standard InChI is InChI=1S/C27H32N2O3/c1-18-22-9-4-5-10-23(22)31-24(18)26(30)28-16-19-11-13-29(14-12-19)17-21-8-6-7-20-15-27(2,3)32-25(20)21/h4-10,19H,11-17H2,1-3H3,(H,28,30). The minimum Gasteiger partial charge on any atom is -0.487 e. The normalized spacial score (nSPS) is 18.5. The molecule has 1 saturated heterocycles. The number of benzene rings is 2. The van der Waals surface area contributed by atoms with Crippen LogP contribution in [0, 0.1) is 12.8 Å². The number of furan rings is 1. The van der Waals surface area contributed by atoms with Crippen LogP contribution >= 0.6 is 0 Å². The molecule has 5 rings (SSSR count). The third-order valence-electron chi connectivity index (χ3n) is 6.87. The number of carbonyl (C=O) groups is 1. The van der Waals surface area contributed by atoms with E-state index in [1.54, 1.807) is 0 Å². The molecule has 2 aliphatic heterocycles. The van der Waals surface area contributed by atoms with Crippen LogP contribution in [-0.2, 0) is 13.0 Å². The van der Waals surface area contributed by atoms with Crippen molar-refractivity contribution >= 4 is 16.9 Å². The van der Waals surface area contributed by atoms with Gasteiger partial charge < -0.3 is 14.5 Å². The first-order chi connectivity index (χ1) is 15.4. The lowest BCUT2D eigenvalue weighted by molar-refractivity contribution is 0.0908. The monoisotopic (exact) mass is 432 g/mol. The second-order valence-corrected chi connectivity index (χ2v) is 9.93. The molecule has 3 heterocycles. The summed E-state index contributed by atoms with van der Waals surface area (Å²) in [4.78, 5) is 15.2. The Balaban J connectivity index is 1.14. The summed E-state index contributed by atoms with van der Waals surface area (Å²) in [6, 6.07) is 14.3. The number of likely N-dealkylation sites (tertiary alicyclic amines) is 1. The van der Waals surface area contributed by atoms with Crippen LogP contribution in [0.1, 0.15) is 53.9 Å². The van der Waals surface area contributed by atoms with Crippen LogP contribution in [0.4, 0.5) is 0 Å². The maximum atomic E-state index is 12.7. The number of amides is 1. The first-order valence-corrected chi connectivity index (χ1v) is 11.7. The number of fused-ring (bicyclic) bond motifs is 2. The molecule has 0 bridgehead atoms. The molecule has 0 spiro atoms. The Kier molecular flexibility index (Phi) is 5.46. The van der Waals surface area contributed by atoms with Crippen molar-refractivity contribution in [1.29, 1.82) is 0 Å². The number of hydrogen-bond donors (Lipinski definition) is 1. The molecule has 168 valence electrons. The van der Waals surface area contributed by atoms with Gasteiger partial charge in [-0.3, -0.25) is 9.69 Å². The highest BCUT2D eigenvalue weighted by atomic mass is 16.5. The zero-order valence-corrected chi connectivity index (χ0v) is 19.2. The number of para-hydroxylation sites is 2. The molecule has 5 nitrogen and oxygen atoms in total. The molecular formula is C27H32N2O3. The average molecular weight is 433 g/mol. The highest BCUT2D eigenvalue weighted by Crippen LogP contribution is 2.38. The van der Waals surface area contributed by atoms with Gasteiger partial charge in [0.05, 0.1) is 0 Å². The van der Waals surface area contributed by atoms with Crippen molar-refractivity contribution in [2.45, 2.75) is 52.2 Å². The van der Waals surface area contributed by atoms with E-state index in [1.165, 1.54) is 11.1 Å². The number of piperidine rings is 1. The van der Waals surface area contributed by atoms with E-state index in [-0.39, 0.29) is 11.5 Å². The summed E-state index contributed by atoms with van der Waals surface area (Å²) in [6.07, 6.45) is 3.14. The maximum absolute atomic E-state index is 12.7. The molecule has 0 saturated carbocycles. The van der Waals surface area contributed by atoms with Crippen LogP contribution in [0.3, 0.4) is 0 Å². The van der Waals surface area contributed by atoms with Gasteiger partial charge in [0.2, 0.25) is 0 Å². The minimum absolute atomic E-state index is 0.109. The van der Waals surface area contributed by atoms with Crippen LogP contribution in [0.2, 0.25) is 0 Å². The molecule has 2 aromatic carbocycles. The fourth-order valence-corrected chi connectivity index (χ4v) is 5.10. The zero-order chi connectivity index (χ0) is 22.3. The van der Waals surface area contributed by atoms with Gasteiger partial charge in [-0.25, -0.2) is 0 Å². The van der Waals surface area contributed by atoms with Crippen molar-refractivity contribution in [3.05, 3.63) is 64.9 Å². The molecule has 0 aliphatic carbocycles. The molecule has 0 radical (unpaired) electrons. The van der Waals surface area contributed by atoms with E-state index < -0.39 is 0 Å². The van der Waals surface area contributed by atoms with Crippen molar-refractivity contribution in [2.75, 3.05) is 19.6 Å². The fourth-order valence-electron chi connectivity index (χ4n) is 5.10. The summed E-state index contributed by atoms with van der Waals surface area (Å²) in [5.74, 6) is 1.91. The molecule has 0 unspecified atom stereocenters. The molecule has 1 amide bonds. The molecule has 2 aliphatic rings. The van der Waals surface area contributed by atoms with Crippen LogP contribution in [0.15, 0.2) is 46.9 Å². The van der Waals surface area contributed by atoms with Gasteiger partial charge in [0.1, 0.15) is 16.9 Å². The summed E-state index contributed by atoms with van der Waals surface area (Å²) in [6.45, 7) is 9.96. The van der Waals surface area contributed by atoms with Crippen LogP contribution in [0.25, 0.3) is 11.0 Å². The lowest BCUT2D eigenvalue weighted by Gasteiger charge is -2.32. The molecule has 0 atom stereocenters. The number of carbonyl (C=O) groups excluding carboxylic acids is 1. The van der Waals surface area contributed by atoms with Crippen molar-refractivity contribution in [1.82, 2.24) is 10.2 Å². The predicted octanol–water partition coefficient (Wildman–Crippen LogP) is 5.10. The van der Waals surface area contributed by atoms with Crippen LogP contribution < -0.4 is 10.1 Å². The summed E-state index contributed by atoms with van der Waals surface area (Å²) in [5.41, 5.74) is 4.19. The molecule has 1 N–H and O–H groups in total. The van der Waals surface area contributed by atoms with Crippen molar-refractivity contribution < 1.29 is 13.9 Å². The lowest BCUT2D eigenvalue weighted by Crippen LogP contribution is -2.38. The number of nitrogens with one attached hydrogen (secondary N) is 1. The van der Waals surface area contributed by atoms with Gasteiger partial charge in [0.15, 0.2) is 5.76 Å². The summed E-state index contributed by atoms with van der Waals surface area (Å²) >= 11 is 0. The topological polar surface area (TPSA) is 54.7 Å². The molecular weight excluding hydrogens is 400 g/mol. The Morgan fingerprint density at radius 3 is 2.69 bits per heavy atom.